The summed E-state index contributed by atoms with van der Waals surface area (Å²) in [6.45, 7) is 1.12. The molecule has 2 fully saturated rings. The molecule has 4 nitrogen and oxygen atoms in total. The number of nitrogens with zero attached hydrogens (tertiary/aromatic N) is 2. The van der Waals surface area contributed by atoms with Crippen molar-refractivity contribution >= 4 is 0 Å². The van der Waals surface area contributed by atoms with E-state index in [9.17, 15) is 0 Å². The highest BCUT2D eigenvalue weighted by Gasteiger charge is 2.23. The third-order valence-corrected chi connectivity index (χ3v) is 4.38. The van der Waals surface area contributed by atoms with Crippen LogP contribution in [0.2, 0.25) is 0 Å². The lowest BCUT2D eigenvalue weighted by molar-refractivity contribution is 0.414. The molecule has 0 radical (unpaired) electrons. The van der Waals surface area contributed by atoms with Crippen molar-refractivity contribution < 1.29 is 0 Å². The number of H-pyrrole nitrogens is 1. The molecule has 2 heterocycles. The molecule has 4 heteroatoms. The van der Waals surface area contributed by atoms with Gasteiger partial charge in [-0.2, -0.15) is 5.10 Å². The molecule has 0 bridgehead atoms. The molecule has 1 aliphatic carbocycles. The molecule has 2 aliphatic rings. The second-order valence-electron chi connectivity index (χ2n) is 5.77. The minimum atomic E-state index is 0.396. The zero-order chi connectivity index (χ0) is 12.2. The van der Waals surface area contributed by atoms with Crippen LogP contribution in [0.15, 0.2) is 0 Å². The lowest BCUT2D eigenvalue weighted by atomic mass is 10.0. The quantitative estimate of drug-likeness (QED) is 0.845. The fourth-order valence-electron chi connectivity index (χ4n) is 3.25. The van der Waals surface area contributed by atoms with E-state index in [1.165, 1.54) is 57.8 Å². The van der Waals surface area contributed by atoms with Gasteiger partial charge in [-0.05, 0) is 32.2 Å². The summed E-state index contributed by atoms with van der Waals surface area (Å²) in [7, 11) is 0. The predicted molar refractivity (Wildman–Crippen MR) is 71.4 cm³/mol. The summed E-state index contributed by atoms with van der Waals surface area (Å²) in [5.74, 6) is 2.74. The largest absolute Gasteiger partial charge is 0.307 e. The Labute approximate surface area is 109 Å². The first-order valence-corrected chi connectivity index (χ1v) is 7.59. The van der Waals surface area contributed by atoms with Gasteiger partial charge in [0.1, 0.15) is 5.82 Å². The normalized spacial score (nSPS) is 27.0. The molecule has 1 aromatic heterocycles. The highest BCUT2D eigenvalue weighted by molar-refractivity contribution is 5.03. The van der Waals surface area contributed by atoms with Crippen molar-refractivity contribution in [2.24, 2.45) is 0 Å². The minimum absolute atomic E-state index is 0.396. The van der Waals surface area contributed by atoms with Gasteiger partial charge in [0.15, 0.2) is 5.82 Å². The van der Waals surface area contributed by atoms with Crippen LogP contribution in [0.5, 0.6) is 0 Å². The summed E-state index contributed by atoms with van der Waals surface area (Å²) in [4.78, 5) is 4.76. The fraction of sp³-hybridized carbons (Fsp3) is 0.857. The Morgan fingerprint density at radius 1 is 0.889 bits per heavy atom. The van der Waals surface area contributed by atoms with Crippen LogP contribution < -0.4 is 5.32 Å². The number of aromatic amines is 1. The molecule has 3 rings (SSSR count). The van der Waals surface area contributed by atoms with Crippen molar-refractivity contribution in [1.29, 1.82) is 0 Å². The van der Waals surface area contributed by atoms with E-state index < -0.39 is 0 Å². The van der Waals surface area contributed by atoms with Crippen LogP contribution in [-0.4, -0.2) is 21.7 Å². The van der Waals surface area contributed by atoms with Crippen LogP contribution >= 0.6 is 0 Å². The maximum absolute atomic E-state index is 4.76. The van der Waals surface area contributed by atoms with E-state index >= 15 is 0 Å². The number of hydrogen-bond acceptors (Lipinski definition) is 3. The van der Waals surface area contributed by atoms with E-state index in [-0.39, 0.29) is 0 Å². The third-order valence-electron chi connectivity index (χ3n) is 4.38. The van der Waals surface area contributed by atoms with Crippen LogP contribution in [-0.2, 0) is 0 Å². The second-order valence-corrected chi connectivity index (χ2v) is 5.77. The molecule has 1 aliphatic heterocycles. The van der Waals surface area contributed by atoms with Crippen LogP contribution in [0.25, 0.3) is 0 Å². The lowest BCUT2D eigenvalue weighted by Crippen LogP contribution is -2.25. The lowest BCUT2D eigenvalue weighted by Gasteiger charge is -2.18. The van der Waals surface area contributed by atoms with E-state index in [0.717, 1.165) is 18.2 Å². The first-order chi connectivity index (χ1) is 8.93. The Hall–Kier alpha value is -0.900. The van der Waals surface area contributed by atoms with Crippen molar-refractivity contribution in [2.75, 3.05) is 6.54 Å². The van der Waals surface area contributed by atoms with E-state index in [2.05, 4.69) is 15.5 Å². The average molecular weight is 248 g/mol. The molecule has 0 amide bonds. The summed E-state index contributed by atoms with van der Waals surface area (Å²) < 4.78 is 0. The molecule has 1 saturated heterocycles. The fourth-order valence-corrected chi connectivity index (χ4v) is 3.25. The monoisotopic (exact) mass is 248 g/mol. The van der Waals surface area contributed by atoms with Crippen LogP contribution in [0.4, 0.5) is 0 Å². The molecular weight excluding hydrogens is 224 g/mol. The van der Waals surface area contributed by atoms with Crippen molar-refractivity contribution in [2.45, 2.75) is 69.7 Å². The Balaban J connectivity index is 1.66. The van der Waals surface area contributed by atoms with Crippen LogP contribution in [0.1, 0.15) is 81.4 Å². The van der Waals surface area contributed by atoms with Gasteiger partial charge >= 0.3 is 0 Å². The Morgan fingerprint density at radius 3 is 2.56 bits per heavy atom. The Morgan fingerprint density at radius 2 is 1.67 bits per heavy atom. The molecule has 1 aromatic rings. The summed E-state index contributed by atoms with van der Waals surface area (Å²) in [6, 6.07) is 0.396. The smallest absolute Gasteiger partial charge is 0.153 e. The number of nitrogens with one attached hydrogen (secondary N) is 2. The number of rotatable bonds is 2. The first-order valence-electron chi connectivity index (χ1n) is 7.59. The molecule has 18 heavy (non-hydrogen) atoms. The van der Waals surface area contributed by atoms with E-state index in [1.54, 1.807) is 0 Å². The summed E-state index contributed by atoms with van der Waals surface area (Å²) in [6.07, 6.45) is 11.7. The standard InChI is InChI=1S/C14H24N4/c1-2-6-10-15-12(9-3-1)14-16-13(17-18-14)11-7-4-5-8-11/h11-12,15H,1-10H2,(H,16,17,18). The highest BCUT2D eigenvalue weighted by atomic mass is 15.2. The van der Waals surface area contributed by atoms with E-state index in [4.69, 9.17) is 4.98 Å². The maximum atomic E-state index is 4.76. The van der Waals surface area contributed by atoms with Gasteiger partial charge in [-0.1, -0.05) is 32.1 Å². The molecule has 0 aromatic carbocycles. The van der Waals surface area contributed by atoms with Crippen molar-refractivity contribution in [3.05, 3.63) is 11.6 Å². The van der Waals surface area contributed by atoms with Crippen molar-refractivity contribution in [3.63, 3.8) is 0 Å². The molecule has 100 valence electrons. The Bertz CT molecular complexity index is 360. The molecule has 0 spiro atoms. The van der Waals surface area contributed by atoms with Gasteiger partial charge in [0, 0.05) is 5.92 Å². The second kappa shape index (κ2) is 5.83. The Kier molecular flexibility index (Phi) is 3.93. The summed E-state index contributed by atoms with van der Waals surface area (Å²) in [5.41, 5.74) is 0. The van der Waals surface area contributed by atoms with E-state index in [0.29, 0.717) is 12.0 Å². The number of hydrogen-bond donors (Lipinski definition) is 2. The van der Waals surface area contributed by atoms with Crippen molar-refractivity contribution in [3.8, 4) is 0 Å². The topological polar surface area (TPSA) is 53.6 Å². The van der Waals surface area contributed by atoms with Gasteiger partial charge in [0.05, 0.1) is 6.04 Å². The summed E-state index contributed by atoms with van der Waals surface area (Å²) in [5, 5.41) is 11.2. The van der Waals surface area contributed by atoms with E-state index in [1.807, 2.05) is 0 Å². The highest BCUT2D eigenvalue weighted by Crippen LogP contribution is 2.32. The van der Waals surface area contributed by atoms with Crippen molar-refractivity contribution in [1.82, 2.24) is 20.5 Å². The van der Waals surface area contributed by atoms with Gasteiger partial charge in [-0.25, -0.2) is 4.98 Å². The maximum Gasteiger partial charge on any atom is 0.153 e. The minimum Gasteiger partial charge on any atom is -0.307 e. The average Bonchev–Trinajstić information content (AvgIpc) is 2.98. The van der Waals surface area contributed by atoms with Gasteiger partial charge < -0.3 is 5.32 Å². The molecule has 2 N–H and O–H groups in total. The SMILES string of the molecule is C1CCCC(c2nc(C3CCCC3)n[nH]2)NCC1. The third kappa shape index (κ3) is 2.74. The molecule has 1 atom stereocenters. The molecular formula is C14H24N4. The first kappa shape index (κ1) is 12.2. The van der Waals surface area contributed by atoms with Gasteiger partial charge in [-0.15, -0.1) is 0 Å². The van der Waals surface area contributed by atoms with Gasteiger partial charge in [0.25, 0.3) is 0 Å². The molecule has 1 unspecified atom stereocenters. The summed E-state index contributed by atoms with van der Waals surface area (Å²) >= 11 is 0. The predicted octanol–water partition coefficient (Wildman–Crippen LogP) is 3.06. The van der Waals surface area contributed by atoms with Gasteiger partial charge in [0.2, 0.25) is 0 Å². The van der Waals surface area contributed by atoms with Gasteiger partial charge in [-0.3, -0.25) is 5.10 Å². The number of aromatic nitrogens is 3. The van der Waals surface area contributed by atoms with Crippen LogP contribution in [0.3, 0.4) is 0 Å². The molecule has 1 saturated carbocycles. The van der Waals surface area contributed by atoms with Crippen LogP contribution in [0, 0.1) is 0 Å². The zero-order valence-corrected chi connectivity index (χ0v) is 11.1. The zero-order valence-electron chi connectivity index (χ0n) is 11.1.